The van der Waals surface area contributed by atoms with Crippen molar-refractivity contribution < 1.29 is 19.5 Å². The number of benzene rings is 1. The summed E-state index contributed by atoms with van der Waals surface area (Å²) in [5, 5.41) is 9.74. The maximum absolute atomic E-state index is 12.7. The highest BCUT2D eigenvalue weighted by atomic mass is 16.5. The second kappa shape index (κ2) is 11.5. The van der Waals surface area contributed by atoms with E-state index in [1.165, 1.54) is 16.7 Å². The van der Waals surface area contributed by atoms with Gasteiger partial charge in [-0.2, -0.15) is 0 Å². The lowest BCUT2D eigenvalue weighted by molar-refractivity contribution is -0.810. The highest BCUT2D eigenvalue weighted by molar-refractivity contribution is 5.74. The highest BCUT2D eigenvalue weighted by Gasteiger charge is 2.35. The van der Waals surface area contributed by atoms with Crippen LogP contribution in [-0.4, -0.2) is 59.9 Å². The van der Waals surface area contributed by atoms with Gasteiger partial charge in [0.15, 0.2) is 0 Å². The van der Waals surface area contributed by atoms with E-state index in [2.05, 4.69) is 52.1 Å². The van der Waals surface area contributed by atoms with Crippen molar-refractivity contribution >= 4 is 17.4 Å². The minimum Gasteiger partial charge on any atom is -0.493 e. The summed E-state index contributed by atoms with van der Waals surface area (Å²) in [6.07, 6.45) is 12.3. The van der Waals surface area contributed by atoms with E-state index in [9.17, 15) is 9.90 Å². The summed E-state index contributed by atoms with van der Waals surface area (Å²) < 4.78 is 6.14. The first kappa shape index (κ1) is 24.9. The molecule has 1 amide bonds. The molecule has 192 valence electrons. The zero-order valence-corrected chi connectivity index (χ0v) is 21.4. The molecule has 0 bridgehead atoms. The lowest BCUT2D eigenvalue weighted by Crippen LogP contribution is -3.14. The smallest absolute Gasteiger partial charge is 0.315 e. The van der Waals surface area contributed by atoms with Crippen LogP contribution in [0.3, 0.4) is 0 Å². The molecule has 2 N–H and O–H groups in total. The van der Waals surface area contributed by atoms with Gasteiger partial charge in [-0.25, -0.2) is 14.8 Å². The monoisotopic (exact) mass is 491 g/mol. The summed E-state index contributed by atoms with van der Waals surface area (Å²) in [4.78, 5) is 25.0. The molecule has 36 heavy (non-hydrogen) atoms. The van der Waals surface area contributed by atoms with Crippen LogP contribution in [0, 0.1) is 11.8 Å². The Balaban J connectivity index is 1.06. The van der Waals surface area contributed by atoms with Crippen molar-refractivity contribution in [1.82, 2.24) is 9.97 Å². The zero-order chi connectivity index (χ0) is 24.9. The Hall–Kier alpha value is -2.77. The number of aromatic nitrogens is 2. The van der Waals surface area contributed by atoms with Crippen LogP contribution in [0.1, 0.15) is 56.6 Å². The lowest BCUT2D eigenvalue weighted by atomic mass is 9.86. The maximum atomic E-state index is 12.7. The SMILES string of the molecule is CCc1cnc(N2CCC(COc3ccc(C4=CCC(C(=O)[NH+]5CC[C@@H](O)C5)CC4)cc3)CC2)nc1. The predicted octanol–water partition coefficient (Wildman–Crippen LogP) is 2.69. The number of anilines is 1. The van der Waals surface area contributed by atoms with Crippen molar-refractivity contribution in [3.05, 3.63) is 53.9 Å². The van der Waals surface area contributed by atoms with Gasteiger partial charge in [-0.1, -0.05) is 25.1 Å². The van der Waals surface area contributed by atoms with E-state index in [1.807, 2.05) is 12.4 Å². The van der Waals surface area contributed by atoms with E-state index in [1.54, 1.807) is 0 Å². The molecule has 3 heterocycles. The fourth-order valence-electron chi connectivity index (χ4n) is 5.65. The van der Waals surface area contributed by atoms with Gasteiger partial charge in [0, 0.05) is 31.9 Å². The van der Waals surface area contributed by atoms with E-state index < -0.39 is 0 Å². The topological polar surface area (TPSA) is 80.0 Å². The summed E-state index contributed by atoms with van der Waals surface area (Å²) in [7, 11) is 0. The molecule has 0 spiro atoms. The van der Waals surface area contributed by atoms with Gasteiger partial charge >= 0.3 is 5.91 Å². The third-order valence-electron chi connectivity index (χ3n) is 8.10. The van der Waals surface area contributed by atoms with Crippen LogP contribution >= 0.6 is 0 Å². The van der Waals surface area contributed by atoms with Gasteiger partial charge in [-0.3, -0.25) is 4.90 Å². The molecule has 0 radical (unpaired) electrons. The van der Waals surface area contributed by atoms with E-state index in [0.717, 1.165) is 87.8 Å². The molecule has 1 aromatic carbocycles. The van der Waals surface area contributed by atoms with Gasteiger partial charge in [0.05, 0.1) is 19.1 Å². The molecule has 3 aliphatic rings. The molecule has 7 nitrogen and oxygen atoms in total. The van der Waals surface area contributed by atoms with E-state index in [0.29, 0.717) is 18.4 Å². The van der Waals surface area contributed by atoms with Crippen LogP contribution in [0.25, 0.3) is 5.57 Å². The minimum absolute atomic E-state index is 0.0883. The first-order valence-electron chi connectivity index (χ1n) is 13.6. The van der Waals surface area contributed by atoms with Gasteiger partial charge in [0.1, 0.15) is 18.4 Å². The Bertz CT molecular complexity index is 1050. The van der Waals surface area contributed by atoms with Crippen LogP contribution < -0.4 is 14.5 Å². The van der Waals surface area contributed by atoms with Crippen molar-refractivity contribution in [2.45, 2.75) is 58.0 Å². The summed E-state index contributed by atoms with van der Waals surface area (Å²) in [5.41, 5.74) is 3.72. The number of aliphatic hydroxyl groups excluding tert-OH is 1. The normalized spacial score (nSPS) is 25.0. The average Bonchev–Trinajstić information content (AvgIpc) is 3.38. The number of amides is 1. The van der Waals surface area contributed by atoms with Crippen LogP contribution in [0.15, 0.2) is 42.7 Å². The first-order valence-corrected chi connectivity index (χ1v) is 13.6. The summed E-state index contributed by atoms with van der Waals surface area (Å²) in [6.45, 7) is 6.14. The highest BCUT2D eigenvalue weighted by Crippen LogP contribution is 2.31. The molecule has 2 saturated heterocycles. The Morgan fingerprint density at radius 3 is 2.47 bits per heavy atom. The molecule has 1 aromatic heterocycles. The lowest BCUT2D eigenvalue weighted by Gasteiger charge is -2.31. The van der Waals surface area contributed by atoms with Crippen LogP contribution in [0.4, 0.5) is 5.95 Å². The van der Waals surface area contributed by atoms with Crippen LogP contribution in [-0.2, 0) is 11.2 Å². The van der Waals surface area contributed by atoms with Crippen molar-refractivity contribution in [2.75, 3.05) is 37.7 Å². The van der Waals surface area contributed by atoms with Gasteiger partial charge in [0.25, 0.3) is 0 Å². The molecule has 3 atom stereocenters. The number of quaternary nitrogens is 1. The van der Waals surface area contributed by atoms with Gasteiger partial charge < -0.3 is 14.7 Å². The fourth-order valence-corrected chi connectivity index (χ4v) is 5.65. The number of allylic oxidation sites excluding steroid dienone is 2. The van der Waals surface area contributed by atoms with E-state index in [4.69, 9.17) is 4.74 Å². The molecule has 5 rings (SSSR count). The number of aliphatic hydroxyl groups is 1. The van der Waals surface area contributed by atoms with Gasteiger partial charge in [-0.15, -0.1) is 0 Å². The molecule has 0 saturated carbocycles. The van der Waals surface area contributed by atoms with Crippen molar-refractivity contribution in [1.29, 1.82) is 0 Å². The summed E-state index contributed by atoms with van der Waals surface area (Å²) in [6, 6.07) is 8.43. The number of aryl methyl sites for hydroxylation is 1. The van der Waals surface area contributed by atoms with Gasteiger partial charge in [-0.05, 0) is 73.3 Å². The summed E-state index contributed by atoms with van der Waals surface area (Å²) >= 11 is 0. The molecule has 2 fully saturated rings. The Labute approximate surface area is 214 Å². The average molecular weight is 492 g/mol. The maximum Gasteiger partial charge on any atom is 0.315 e. The van der Waals surface area contributed by atoms with Crippen molar-refractivity contribution in [3.63, 3.8) is 0 Å². The molecular formula is C29H39N4O3+. The Kier molecular flexibility index (Phi) is 7.97. The predicted molar refractivity (Wildman–Crippen MR) is 140 cm³/mol. The van der Waals surface area contributed by atoms with Crippen molar-refractivity contribution in [2.24, 2.45) is 11.8 Å². The first-order chi connectivity index (χ1) is 17.6. The molecule has 2 aliphatic heterocycles. The number of hydrogen-bond donors (Lipinski definition) is 2. The van der Waals surface area contributed by atoms with E-state index >= 15 is 0 Å². The number of nitrogens with one attached hydrogen (secondary N) is 1. The molecule has 2 aromatic rings. The van der Waals surface area contributed by atoms with Crippen molar-refractivity contribution in [3.8, 4) is 5.75 Å². The van der Waals surface area contributed by atoms with E-state index in [-0.39, 0.29) is 12.0 Å². The van der Waals surface area contributed by atoms with Gasteiger partial charge in [0.2, 0.25) is 5.95 Å². The summed E-state index contributed by atoms with van der Waals surface area (Å²) in [5.74, 6) is 2.68. The standard InChI is InChI=1S/C29H38N4O3/c1-2-21-17-30-29(31-18-21)32-14-11-22(12-15-32)20-36-27-9-7-24(8-10-27)23-3-5-25(6-4-23)28(35)33-16-13-26(34)19-33/h3,7-10,17-18,22,25-26,34H,2,4-6,11-16,19-20H2,1H3/p+1/t25?,26-/m1/s1. The molecule has 2 unspecified atom stereocenters. The number of likely N-dealkylation sites (tertiary alicyclic amines) is 1. The number of rotatable bonds is 7. The number of carbonyl (C=O) groups excluding carboxylic acids is 1. The Morgan fingerprint density at radius 1 is 1.11 bits per heavy atom. The second-order valence-electron chi connectivity index (χ2n) is 10.6. The molecule has 7 heteroatoms. The number of nitrogens with zero attached hydrogens (tertiary/aromatic N) is 3. The fraction of sp³-hybridized carbons (Fsp3) is 0.552. The Morgan fingerprint density at radius 2 is 1.86 bits per heavy atom. The second-order valence-corrected chi connectivity index (χ2v) is 10.6. The third kappa shape index (κ3) is 5.95. The molecular weight excluding hydrogens is 452 g/mol. The third-order valence-corrected chi connectivity index (χ3v) is 8.10. The van der Waals surface area contributed by atoms with Crippen LogP contribution in [0.5, 0.6) is 5.75 Å². The number of piperidine rings is 1. The number of carbonyl (C=O) groups is 1. The number of ether oxygens (including phenoxy) is 1. The number of hydrogen-bond acceptors (Lipinski definition) is 6. The largest absolute Gasteiger partial charge is 0.493 e. The zero-order valence-electron chi connectivity index (χ0n) is 21.4. The quantitative estimate of drug-likeness (QED) is 0.620. The van der Waals surface area contributed by atoms with Crippen LogP contribution in [0.2, 0.25) is 0 Å². The molecule has 1 aliphatic carbocycles. The minimum atomic E-state index is -0.315.